The van der Waals surface area contributed by atoms with Gasteiger partial charge in [0.1, 0.15) is 5.65 Å². The van der Waals surface area contributed by atoms with E-state index in [2.05, 4.69) is 224 Å². The maximum atomic E-state index is 7.32. The molecular formula is C66H70N4OPt. The first-order chi connectivity index (χ1) is 33.4. The van der Waals surface area contributed by atoms with Crippen LogP contribution in [0.3, 0.4) is 0 Å². The summed E-state index contributed by atoms with van der Waals surface area (Å²) in [6.45, 7) is 39.1. The van der Waals surface area contributed by atoms with E-state index in [1.807, 2.05) is 6.20 Å². The summed E-state index contributed by atoms with van der Waals surface area (Å²) in [6, 6.07) is 40.1. The van der Waals surface area contributed by atoms with Gasteiger partial charge in [0.2, 0.25) is 0 Å². The van der Waals surface area contributed by atoms with E-state index in [1.165, 1.54) is 88.9 Å². The number of para-hydroxylation sites is 1. The molecule has 1 aliphatic carbocycles. The van der Waals surface area contributed by atoms with Gasteiger partial charge in [0.05, 0.1) is 22.4 Å². The minimum atomic E-state index is -0.548. The summed E-state index contributed by atoms with van der Waals surface area (Å²) in [6.07, 6.45) is 2.78. The Morgan fingerprint density at radius 1 is 0.681 bits per heavy atom. The molecule has 6 heteroatoms. The Morgan fingerprint density at radius 3 is 1.99 bits per heavy atom. The number of aromatic nitrogens is 2. The number of anilines is 1. The van der Waals surface area contributed by atoms with E-state index in [9.17, 15) is 0 Å². The van der Waals surface area contributed by atoms with Crippen LogP contribution >= 0.6 is 0 Å². The van der Waals surface area contributed by atoms with Gasteiger partial charge >= 0.3 is 21.1 Å². The average Bonchev–Trinajstić information content (AvgIpc) is 3.82. The number of rotatable bonds is 7. The summed E-state index contributed by atoms with van der Waals surface area (Å²) < 4.78 is 9.66. The van der Waals surface area contributed by atoms with Crippen molar-refractivity contribution in [2.75, 3.05) is 4.90 Å². The van der Waals surface area contributed by atoms with E-state index in [0.29, 0.717) is 11.5 Å². The zero-order chi connectivity index (χ0) is 50.6. The second-order valence-electron chi connectivity index (χ2n) is 24.1. The molecule has 2 atom stereocenters. The molecule has 0 amide bonds. The topological polar surface area (TPSA) is 42.6 Å². The van der Waals surface area contributed by atoms with E-state index in [1.54, 1.807) is 0 Å². The number of aliphatic imine (C=N–C) groups is 1. The molecule has 5 nitrogen and oxygen atoms in total. The van der Waals surface area contributed by atoms with Gasteiger partial charge < -0.3 is 19.2 Å². The summed E-state index contributed by atoms with van der Waals surface area (Å²) >= 11 is 0. The molecule has 0 radical (unpaired) electrons. The van der Waals surface area contributed by atoms with Crippen LogP contribution in [0, 0.1) is 53.7 Å². The van der Waals surface area contributed by atoms with Crippen LogP contribution in [0.25, 0.3) is 38.8 Å². The van der Waals surface area contributed by atoms with Gasteiger partial charge in [-0.25, -0.2) is 4.98 Å². The van der Waals surface area contributed by atoms with E-state index in [0.717, 1.165) is 45.7 Å². The number of fused-ring (bicyclic) bond motifs is 8. The first-order valence-corrected chi connectivity index (χ1v) is 25.9. The van der Waals surface area contributed by atoms with Gasteiger partial charge in [0.15, 0.2) is 0 Å². The maximum Gasteiger partial charge on any atom is 2.00 e. The Kier molecular flexibility index (Phi) is 11.7. The predicted molar refractivity (Wildman–Crippen MR) is 297 cm³/mol. The average molecular weight is 1130 g/mol. The molecule has 0 saturated carbocycles. The molecule has 0 N–H and O–H groups in total. The fourth-order valence-corrected chi connectivity index (χ4v) is 12.8. The first kappa shape index (κ1) is 49.8. The van der Waals surface area contributed by atoms with Gasteiger partial charge in [-0.1, -0.05) is 147 Å². The number of hydrogen-bond donors (Lipinski definition) is 0. The third kappa shape index (κ3) is 7.25. The van der Waals surface area contributed by atoms with Crippen LogP contribution in [0.2, 0.25) is 0 Å². The van der Waals surface area contributed by atoms with Crippen molar-refractivity contribution in [2.24, 2.45) is 4.99 Å². The molecular weight excluding hydrogens is 1060 g/mol. The van der Waals surface area contributed by atoms with Crippen molar-refractivity contribution >= 4 is 33.5 Å². The quantitative estimate of drug-likeness (QED) is 0.149. The van der Waals surface area contributed by atoms with Crippen LogP contribution in [-0.4, -0.2) is 20.9 Å². The van der Waals surface area contributed by atoms with Gasteiger partial charge in [-0.2, -0.15) is 6.07 Å². The van der Waals surface area contributed by atoms with E-state index in [-0.39, 0.29) is 43.7 Å². The number of hydrogen-bond acceptors (Lipinski definition) is 4. The Hall–Kier alpha value is -5.77. The molecule has 0 fully saturated rings. The van der Waals surface area contributed by atoms with E-state index >= 15 is 0 Å². The van der Waals surface area contributed by atoms with Gasteiger partial charge in [-0.3, -0.25) is 0 Å². The molecule has 4 heterocycles. The molecule has 2 aliphatic heterocycles. The van der Waals surface area contributed by atoms with E-state index in [4.69, 9.17) is 14.7 Å². The van der Waals surface area contributed by atoms with Crippen molar-refractivity contribution in [3.8, 4) is 28.3 Å². The number of pyridine rings is 1. The van der Waals surface area contributed by atoms with Gasteiger partial charge in [-0.15, -0.1) is 28.8 Å². The minimum absolute atomic E-state index is 0. The normalized spacial score (nSPS) is 18.7. The summed E-state index contributed by atoms with van der Waals surface area (Å²) in [4.78, 5) is 13.8. The number of benzene rings is 6. The van der Waals surface area contributed by atoms with Crippen LogP contribution in [0.4, 0.5) is 5.69 Å². The summed E-state index contributed by atoms with van der Waals surface area (Å²) in [7, 11) is 0. The number of amidine groups is 1. The molecule has 370 valence electrons. The third-order valence-electron chi connectivity index (χ3n) is 17.0. The summed E-state index contributed by atoms with van der Waals surface area (Å²) in [5.74, 6) is 2.80. The largest absolute Gasteiger partial charge is 2.00 e. The monoisotopic (exact) mass is 1130 g/mol. The first-order valence-electron chi connectivity index (χ1n) is 25.9. The van der Waals surface area contributed by atoms with Crippen molar-refractivity contribution in [1.29, 1.82) is 0 Å². The molecule has 0 saturated heterocycles. The number of aryl methyl sites for hydroxylation is 6. The zero-order valence-electron chi connectivity index (χ0n) is 45.5. The Labute approximate surface area is 443 Å². The van der Waals surface area contributed by atoms with Crippen LogP contribution in [0.1, 0.15) is 166 Å². The Balaban J connectivity index is 0.00000596. The fourth-order valence-electron chi connectivity index (χ4n) is 12.8. The van der Waals surface area contributed by atoms with Crippen molar-refractivity contribution in [3.05, 3.63) is 181 Å². The molecule has 0 bridgehead atoms. The smallest absolute Gasteiger partial charge is 0.503 e. The SMILES string of the molecule is Cc1cc(C)c(-c2cc(Oc3[c-]c4c(cc3C)C(C)(C)c3cc(C(C)(C)C)cc5c6cccnc6n-4c35)[c-]c(C3=N[C@]4(C)c5cc(C)c(C)cc5C[C@]4(C)N3c3c(C(C)C)cccc3C(C)C)c2)c(C)c1.[Pt+2]. The van der Waals surface area contributed by atoms with Crippen molar-refractivity contribution in [3.63, 3.8) is 0 Å². The van der Waals surface area contributed by atoms with Gasteiger partial charge in [0.25, 0.3) is 0 Å². The van der Waals surface area contributed by atoms with Crippen molar-refractivity contribution in [1.82, 2.24) is 9.55 Å². The molecule has 0 spiro atoms. The minimum Gasteiger partial charge on any atom is -0.503 e. The molecule has 8 aromatic rings. The maximum absolute atomic E-state index is 7.32. The van der Waals surface area contributed by atoms with Crippen LogP contribution in [-0.2, 0) is 43.9 Å². The molecule has 0 unspecified atom stereocenters. The third-order valence-corrected chi connectivity index (χ3v) is 17.0. The number of nitrogens with zero attached hydrogens (tertiary/aromatic N) is 4. The molecule has 72 heavy (non-hydrogen) atoms. The molecule has 3 aliphatic rings. The van der Waals surface area contributed by atoms with Gasteiger partial charge in [-0.05, 0) is 157 Å². The summed E-state index contributed by atoms with van der Waals surface area (Å²) in [5, 5.41) is 2.37. The van der Waals surface area contributed by atoms with Crippen molar-refractivity contribution < 1.29 is 25.8 Å². The van der Waals surface area contributed by atoms with Crippen LogP contribution < -0.4 is 9.64 Å². The molecule has 11 rings (SSSR count). The van der Waals surface area contributed by atoms with Crippen molar-refractivity contribution in [2.45, 2.75) is 158 Å². The second kappa shape index (κ2) is 16.9. The van der Waals surface area contributed by atoms with Gasteiger partial charge in [0, 0.05) is 34.2 Å². The zero-order valence-corrected chi connectivity index (χ0v) is 47.8. The Morgan fingerprint density at radius 2 is 1.33 bits per heavy atom. The number of ether oxygens (including phenoxy) is 1. The van der Waals surface area contributed by atoms with E-state index < -0.39 is 11.1 Å². The fraction of sp³-hybridized carbons (Fsp3) is 0.364. The Bertz CT molecular complexity index is 3570. The molecule has 6 aromatic carbocycles. The summed E-state index contributed by atoms with van der Waals surface area (Å²) in [5.41, 5.74) is 22.8. The second-order valence-corrected chi connectivity index (χ2v) is 24.1. The predicted octanol–water partition coefficient (Wildman–Crippen LogP) is 16.8. The van der Waals surface area contributed by atoms with Crippen LogP contribution in [0.5, 0.6) is 11.5 Å². The molecule has 2 aromatic heterocycles. The standard InChI is InChI=1S/C66H70N4O.Pt/c1-36(2)49-20-18-21-50(37(3)4)59(49)70-61(68-66(17)53-27-40(7)39(6)26-46(53)35-65(66,70)16)45-29-44(58-42(9)24-38(5)25-43(58)10)30-48(31-45)71-57-34-56-54(28-41(57)8)64(14,15)55-33-47(63(11,12)13)32-52-51-22-19-23-67-62(51)69(56)60(52)55;/h18-30,32-33,36-37H,35H2,1-17H3;/q-2;+2/t65-,66+;/m0./s1. The van der Waals surface area contributed by atoms with Crippen LogP contribution in [0.15, 0.2) is 96.1 Å².